The Morgan fingerprint density at radius 1 is 1.06 bits per heavy atom. The molecule has 0 saturated heterocycles. The standard InChI is InChI=1S/C27H28N2O5S/c1-27(2)16-21(19-9-5-6-10-22(19)34-27)29-26(31)20(15-18-8-7-13-35-18)28-25(30)17-11-12-23(32-3)24(14-17)33-4/h5-15,21H,16H2,1-4H3,(H,28,30)(H,29,31)/b20-15-/t21-/m1/s1. The zero-order valence-electron chi connectivity index (χ0n) is 20.1. The summed E-state index contributed by atoms with van der Waals surface area (Å²) in [6, 6.07) is 16.0. The predicted octanol–water partition coefficient (Wildman–Crippen LogP) is 4.95. The quantitative estimate of drug-likeness (QED) is 0.456. The van der Waals surface area contributed by atoms with Gasteiger partial charge in [-0.3, -0.25) is 9.59 Å². The Morgan fingerprint density at radius 2 is 1.83 bits per heavy atom. The number of hydrogen-bond donors (Lipinski definition) is 2. The molecule has 4 rings (SSSR count). The molecule has 1 aromatic heterocycles. The highest BCUT2D eigenvalue weighted by molar-refractivity contribution is 7.10. The first-order valence-corrected chi connectivity index (χ1v) is 12.0. The number of methoxy groups -OCH3 is 2. The second-order valence-electron chi connectivity index (χ2n) is 8.73. The average Bonchev–Trinajstić information content (AvgIpc) is 3.35. The lowest BCUT2D eigenvalue weighted by molar-refractivity contribution is -0.119. The van der Waals surface area contributed by atoms with Crippen LogP contribution in [0.3, 0.4) is 0 Å². The van der Waals surface area contributed by atoms with Crippen LogP contribution in [-0.2, 0) is 4.79 Å². The third-order valence-electron chi connectivity index (χ3n) is 5.65. The molecule has 3 aromatic rings. The zero-order chi connectivity index (χ0) is 25.0. The first-order valence-electron chi connectivity index (χ1n) is 11.2. The van der Waals surface area contributed by atoms with E-state index in [1.54, 1.807) is 24.3 Å². The molecule has 2 heterocycles. The third-order valence-corrected chi connectivity index (χ3v) is 6.47. The molecule has 35 heavy (non-hydrogen) atoms. The molecule has 182 valence electrons. The molecule has 0 unspecified atom stereocenters. The van der Waals surface area contributed by atoms with Gasteiger partial charge in [0.05, 0.1) is 20.3 Å². The largest absolute Gasteiger partial charge is 0.493 e. The Kier molecular flexibility index (Phi) is 7.12. The number of thiophene rings is 1. The highest BCUT2D eigenvalue weighted by Crippen LogP contribution is 2.39. The Bertz CT molecular complexity index is 1250. The van der Waals surface area contributed by atoms with Gasteiger partial charge in [0.1, 0.15) is 17.0 Å². The van der Waals surface area contributed by atoms with E-state index in [4.69, 9.17) is 14.2 Å². The summed E-state index contributed by atoms with van der Waals surface area (Å²) < 4.78 is 16.6. The number of fused-ring (bicyclic) bond motifs is 1. The van der Waals surface area contributed by atoms with Crippen LogP contribution >= 0.6 is 11.3 Å². The summed E-state index contributed by atoms with van der Waals surface area (Å²) >= 11 is 1.47. The van der Waals surface area contributed by atoms with Gasteiger partial charge in [0.2, 0.25) is 0 Å². The number of nitrogens with one attached hydrogen (secondary N) is 2. The Balaban J connectivity index is 1.60. The molecule has 0 saturated carbocycles. The monoisotopic (exact) mass is 492 g/mol. The van der Waals surface area contributed by atoms with E-state index in [1.165, 1.54) is 25.6 Å². The summed E-state index contributed by atoms with van der Waals surface area (Å²) in [5.41, 5.74) is 0.938. The lowest BCUT2D eigenvalue weighted by Gasteiger charge is -2.38. The highest BCUT2D eigenvalue weighted by atomic mass is 32.1. The van der Waals surface area contributed by atoms with Gasteiger partial charge < -0.3 is 24.8 Å². The van der Waals surface area contributed by atoms with E-state index in [0.29, 0.717) is 23.5 Å². The van der Waals surface area contributed by atoms with Crippen LogP contribution in [0.5, 0.6) is 17.2 Å². The number of para-hydroxylation sites is 1. The number of carbonyl (C=O) groups is 2. The molecule has 0 fully saturated rings. The van der Waals surface area contributed by atoms with Gasteiger partial charge in [-0.2, -0.15) is 0 Å². The van der Waals surface area contributed by atoms with E-state index in [1.807, 2.05) is 55.6 Å². The molecule has 1 aliphatic heterocycles. The fraction of sp³-hybridized carbons (Fsp3) is 0.259. The van der Waals surface area contributed by atoms with Crippen molar-refractivity contribution in [3.63, 3.8) is 0 Å². The number of carbonyl (C=O) groups excluding carboxylic acids is 2. The number of hydrogen-bond acceptors (Lipinski definition) is 6. The van der Waals surface area contributed by atoms with Crippen molar-refractivity contribution in [2.75, 3.05) is 14.2 Å². The molecule has 0 spiro atoms. The van der Waals surface area contributed by atoms with Crippen molar-refractivity contribution in [3.05, 3.63) is 81.7 Å². The first kappa shape index (κ1) is 24.3. The number of rotatable bonds is 7. The second kappa shape index (κ2) is 10.2. The van der Waals surface area contributed by atoms with Gasteiger partial charge in [-0.05, 0) is 55.6 Å². The minimum atomic E-state index is -0.452. The molecule has 0 bridgehead atoms. The van der Waals surface area contributed by atoms with Gasteiger partial charge in [-0.25, -0.2) is 0 Å². The van der Waals surface area contributed by atoms with Gasteiger partial charge in [0.25, 0.3) is 11.8 Å². The molecule has 1 atom stereocenters. The summed E-state index contributed by atoms with van der Waals surface area (Å²) in [5.74, 6) is 0.861. The van der Waals surface area contributed by atoms with Crippen molar-refractivity contribution in [3.8, 4) is 17.2 Å². The summed E-state index contributed by atoms with van der Waals surface area (Å²) in [7, 11) is 3.03. The molecule has 2 amide bonds. The maximum absolute atomic E-state index is 13.5. The van der Waals surface area contributed by atoms with Crippen LogP contribution in [0.1, 0.15) is 47.1 Å². The molecule has 1 aliphatic rings. The minimum absolute atomic E-state index is 0.147. The summed E-state index contributed by atoms with van der Waals surface area (Å²) in [6.45, 7) is 3.98. The summed E-state index contributed by atoms with van der Waals surface area (Å²) in [5, 5.41) is 7.79. The van der Waals surface area contributed by atoms with Gasteiger partial charge in [0.15, 0.2) is 11.5 Å². The van der Waals surface area contributed by atoms with Gasteiger partial charge >= 0.3 is 0 Å². The van der Waals surface area contributed by atoms with Gasteiger partial charge in [-0.1, -0.05) is 24.3 Å². The molecule has 2 N–H and O–H groups in total. The molecule has 0 aliphatic carbocycles. The lowest BCUT2D eigenvalue weighted by Crippen LogP contribution is -2.43. The SMILES string of the molecule is COc1ccc(C(=O)N/C(=C\c2cccs2)C(=O)N[C@@H]2CC(C)(C)Oc3ccccc32)cc1OC. The summed E-state index contributed by atoms with van der Waals surface area (Å²) in [4.78, 5) is 27.4. The topological polar surface area (TPSA) is 85.9 Å². The van der Waals surface area contributed by atoms with Crippen molar-refractivity contribution in [2.24, 2.45) is 0 Å². The van der Waals surface area contributed by atoms with E-state index in [0.717, 1.165) is 16.2 Å². The normalized spacial score (nSPS) is 16.5. The maximum atomic E-state index is 13.5. The molecular weight excluding hydrogens is 464 g/mol. The average molecular weight is 493 g/mol. The van der Waals surface area contributed by atoms with E-state index in [-0.39, 0.29) is 17.6 Å². The van der Waals surface area contributed by atoms with Crippen LogP contribution in [0.4, 0.5) is 0 Å². The smallest absolute Gasteiger partial charge is 0.268 e. The van der Waals surface area contributed by atoms with Crippen molar-refractivity contribution < 1.29 is 23.8 Å². The van der Waals surface area contributed by atoms with Crippen molar-refractivity contribution >= 4 is 29.2 Å². The number of amides is 2. The molecular formula is C27H28N2O5S. The van der Waals surface area contributed by atoms with Crippen LogP contribution in [0.2, 0.25) is 0 Å². The second-order valence-corrected chi connectivity index (χ2v) is 9.71. The fourth-order valence-corrected chi connectivity index (χ4v) is 4.67. The predicted molar refractivity (Wildman–Crippen MR) is 136 cm³/mol. The molecule has 0 radical (unpaired) electrons. The summed E-state index contributed by atoms with van der Waals surface area (Å²) in [6.07, 6.45) is 2.26. The Labute approximate surface area is 208 Å². The van der Waals surface area contributed by atoms with E-state index in [9.17, 15) is 9.59 Å². The minimum Gasteiger partial charge on any atom is -0.493 e. The van der Waals surface area contributed by atoms with Crippen LogP contribution in [-0.4, -0.2) is 31.6 Å². The van der Waals surface area contributed by atoms with Crippen molar-refractivity contribution in [2.45, 2.75) is 31.9 Å². The van der Waals surface area contributed by atoms with Gasteiger partial charge in [0, 0.05) is 22.4 Å². The van der Waals surface area contributed by atoms with Crippen LogP contribution in [0.15, 0.2) is 65.7 Å². The number of ether oxygens (including phenoxy) is 3. The Morgan fingerprint density at radius 3 is 2.54 bits per heavy atom. The Hall–Kier alpha value is -3.78. The highest BCUT2D eigenvalue weighted by Gasteiger charge is 2.35. The molecule has 7 nitrogen and oxygen atoms in total. The van der Waals surface area contributed by atoms with Gasteiger partial charge in [-0.15, -0.1) is 11.3 Å². The van der Waals surface area contributed by atoms with Crippen LogP contribution in [0, 0.1) is 0 Å². The van der Waals surface area contributed by atoms with Crippen molar-refractivity contribution in [1.29, 1.82) is 0 Å². The fourth-order valence-electron chi connectivity index (χ4n) is 4.01. The zero-order valence-corrected chi connectivity index (χ0v) is 20.9. The molecule has 8 heteroatoms. The third kappa shape index (κ3) is 5.66. The maximum Gasteiger partial charge on any atom is 0.268 e. The number of benzene rings is 2. The van der Waals surface area contributed by atoms with E-state index < -0.39 is 11.5 Å². The van der Waals surface area contributed by atoms with Crippen molar-refractivity contribution in [1.82, 2.24) is 10.6 Å². The van der Waals surface area contributed by atoms with E-state index >= 15 is 0 Å². The molecule has 2 aromatic carbocycles. The van der Waals surface area contributed by atoms with E-state index in [2.05, 4.69) is 10.6 Å². The first-order chi connectivity index (χ1) is 16.8. The van der Waals surface area contributed by atoms with Crippen LogP contribution < -0.4 is 24.8 Å². The lowest BCUT2D eigenvalue weighted by atomic mass is 9.89. The van der Waals surface area contributed by atoms with Crippen LogP contribution in [0.25, 0.3) is 6.08 Å².